The van der Waals surface area contributed by atoms with Crippen molar-refractivity contribution in [2.45, 2.75) is 26.8 Å². The first-order chi connectivity index (χ1) is 18.9. The third kappa shape index (κ3) is 6.89. The molecule has 0 saturated carbocycles. The number of likely N-dealkylation sites (N-methyl/N-ethyl adjacent to an activating group) is 1. The molecule has 8 heteroatoms. The number of amides is 2. The van der Waals surface area contributed by atoms with E-state index in [2.05, 4.69) is 58.5 Å². The van der Waals surface area contributed by atoms with Gasteiger partial charge in [-0.3, -0.25) is 9.59 Å². The van der Waals surface area contributed by atoms with Gasteiger partial charge in [0.25, 0.3) is 11.8 Å². The lowest BCUT2D eigenvalue weighted by molar-refractivity contribution is 0.0948. The molecule has 0 aliphatic carbocycles. The van der Waals surface area contributed by atoms with Crippen molar-refractivity contribution < 1.29 is 19.1 Å². The second kappa shape index (κ2) is 13.2. The molecule has 0 bridgehead atoms. The monoisotopic (exact) mass is 530 g/mol. The van der Waals surface area contributed by atoms with Gasteiger partial charge >= 0.3 is 0 Å². The number of hydrogen-bond donors (Lipinski definition) is 2. The number of carbonyl (C=O) groups is 2. The van der Waals surface area contributed by atoms with E-state index < -0.39 is 0 Å². The van der Waals surface area contributed by atoms with Crippen molar-refractivity contribution in [1.82, 2.24) is 10.2 Å². The van der Waals surface area contributed by atoms with Gasteiger partial charge in [0.15, 0.2) is 0 Å². The molecule has 2 N–H and O–H groups in total. The molecule has 3 aromatic carbocycles. The summed E-state index contributed by atoms with van der Waals surface area (Å²) in [5.41, 5.74) is 4.93. The predicted octanol–water partition coefficient (Wildman–Crippen LogP) is 4.59. The van der Waals surface area contributed by atoms with Gasteiger partial charge in [-0.1, -0.05) is 38.1 Å². The predicted molar refractivity (Wildman–Crippen MR) is 155 cm³/mol. The largest absolute Gasteiger partial charge is 0.497 e. The van der Waals surface area contributed by atoms with E-state index in [-0.39, 0.29) is 11.8 Å². The Bertz CT molecular complexity index is 1280. The Morgan fingerprint density at radius 3 is 2.26 bits per heavy atom. The second-order valence-electron chi connectivity index (χ2n) is 9.51. The van der Waals surface area contributed by atoms with Crippen LogP contribution in [0.3, 0.4) is 0 Å². The van der Waals surface area contributed by atoms with Crippen LogP contribution in [0.5, 0.6) is 11.5 Å². The van der Waals surface area contributed by atoms with E-state index in [1.54, 1.807) is 38.5 Å². The van der Waals surface area contributed by atoms with E-state index in [1.165, 1.54) is 11.1 Å². The zero-order chi connectivity index (χ0) is 27.8. The number of hydrogen-bond acceptors (Lipinski definition) is 6. The first kappa shape index (κ1) is 28.0. The quantitative estimate of drug-likeness (QED) is 0.377. The normalized spacial score (nSPS) is 12.6. The molecule has 8 nitrogen and oxygen atoms in total. The van der Waals surface area contributed by atoms with Crippen LogP contribution in [0.15, 0.2) is 60.7 Å². The Kier molecular flexibility index (Phi) is 9.44. The summed E-state index contributed by atoms with van der Waals surface area (Å²) < 4.78 is 10.6. The molecule has 0 unspecified atom stereocenters. The summed E-state index contributed by atoms with van der Waals surface area (Å²) in [7, 11) is 3.08. The number of nitrogens with zero attached hydrogens (tertiary/aromatic N) is 2. The zero-order valence-corrected chi connectivity index (χ0v) is 23.3. The lowest BCUT2D eigenvalue weighted by atomic mass is 9.98. The van der Waals surface area contributed by atoms with Gasteiger partial charge < -0.3 is 29.9 Å². The molecule has 0 aromatic heterocycles. The number of anilines is 2. The van der Waals surface area contributed by atoms with Gasteiger partial charge in [-0.15, -0.1) is 0 Å². The number of benzene rings is 3. The highest BCUT2D eigenvalue weighted by Crippen LogP contribution is 2.30. The van der Waals surface area contributed by atoms with Crippen molar-refractivity contribution in [3.05, 3.63) is 82.9 Å². The Morgan fingerprint density at radius 2 is 1.59 bits per heavy atom. The standard InChI is InChI=1S/C31H38N4O4/c1-5-34(6-2)16-14-32-31(37)28-19-25(33-30(36)24-17-26(38-3)20-27(18-24)39-4)11-12-29(28)35-15-13-22-9-7-8-10-23(22)21-35/h7-12,17-20H,5-6,13-16,21H2,1-4H3,(H,32,37)(H,33,36). The molecular weight excluding hydrogens is 492 g/mol. The van der Waals surface area contributed by atoms with Crippen LogP contribution in [0, 0.1) is 0 Å². The smallest absolute Gasteiger partial charge is 0.255 e. The number of carbonyl (C=O) groups excluding carboxylic acids is 2. The summed E-state index contributed by atoms with van der Waals surface area (Å²) >= 11 is 0. The van der Waals surface area contributed by atoms with E-state index >= 15 is 0 Å². The van der Waals surface area contributed by atoms with Crippen LogP contribution >= 0.6 is 0 Å². The van der Waals surface area contributed by atoms with Crippen LogP contribution in [-0.4, -0.2) is 63.7 Å². The fourth-order valence-corrected chi connectivity index (χ4v) is 4.88. The van der Waals surface area contributed by atoms with E-state index in [4.69, 9.17) is 9.47 Å². The molecule has 0 atom stereocenters. The van der Waals surface area contributed by atoms with E-state index in [1.807, 2.05) is 12.1 Å². The molecular formula is C31H38N4O4. The molecule has 2 amide bonds. The van der Waals surface area contributed by atoms with Crippen molar-refractivity contribution in [3.63, 3.8) is 0 Å². The highest BCUT2D eigenvalue weighted by molar-refractivity contribution is 6.06. The molecule has 206 valence electrons. The average molecular weight is 531 g/mol. The number of rotatable bonds is 11. The highest BCUT2D eigenvalue weighted by Gasteiger charge is 2.22. The maximum Gasteiger partial charge on any atom is 0.255 e. The zero-order valence-electron chi connectivity index (χ0n) is 23.3. The molecule has 0 saturated heterocycles. The first-order valence-corrected chi connectivity index (χ1v) is 13.5. The molecule has 0 spiro atoms. The van der Waals surface area contributed by atoms with Gasteiger partial charge in [-0.2, -0.15) is 0 Å². The van der Waals surface area contributed by atoms with E-state index in [9.17, 15) is 9.59 Å². The van der Waals surface area contributed by atoms with Crippen LogP contribution in [0.2, 0.25) is 0 Å². The molecule has 0 radical (unpaired) electrons. The summed E-state index contributed by atoms with van der Waals surface area (Å²) in [6.07, 6.45) is 0.912. The van der Waals surface area contributed by atoms with Crippen LogP contribution in [0.1, 0.15) is 45.7 Å². The topological polar surface area (TPSA) is 83.1 Å². The molecule has 3 aromatic rings. The van der Waals surface area contributed by atoms with Crippen molar-refractivity contribution in [3.8, 4) is 11.5 Å². The lowest BCUT2D eigenvalue weighted by Gasteiger charge is -2.32. The molecule has 39 heavy (non-hydrogen) atoms. The minimum atomic E-state index is -0.320. The number of methoxy groups -OCH3 is 2. The Hall–Kier alpha value is -4.04. The summed E-state index contributed by atoms with van der Waals surface area (Å²) in [4.78, 5) is 31.1. The van der Waals surface area contributed by atoms with Gasteiger partial charge in [0.1, 0.15) is 11.5 Å². The molecule has 1 aliphatic heterocycles. The Labute approximate surface area is 230 Å². The third-order valence-electron chi connectivity index (χ3n) is 7.19. The van der Waals surface area contributed by atoms with Crippen LogP contribution in [-0.2, 0) is 13.0 Å². The van der Waals surface area contributed by atoms with Crippen LogP contribution in [0.25, 0.3) is 0 Å². The molecule has 0 fully saturated rings. The van der Waals surface area contributed by atoms with Gasteiger partial charge in [-0.25, -0.2) is 0 Å². The number of ether oxygens (including phenoxy) is 2. The van der Waals surface area contributed by atoms with Crippen molar-refractivity contribution in [2.24, 2.45) is 0 Å². The third-order valence-corrected chi connectivity index (χ3v) is 7.19. The van der Waals surface area contributed by atoms with Gasteiger partial charge in [0.2, 0.25) is 0 Å². The van der Waals surface area contributed by atoms with Crippen molar-refractivity contribution in [2.75, 3.05) is 57.2 Å². The average Bonchev–Trinajstić information content (AvgIpc) is 2.98. The first-order valence-electron chi connectivity index (χ1n) is 13.5. The van der Waals surface area contributed by atoms with Gasteiger partial charge in [0.05, 0.1) is 19.8 Å². The van der Waals surface area contributed by atoms with Crippen LogP contribution in [0.4, 0.5) is 11.4 Å². The maximum absolute atomic E-state index is 13.5. The Balaban J connectivity index is 1.59. The Morgan fingerprint density at radius 1 is 0.897 bits per heavy atom. The maximum atomic E-state index is 13.5. The lowest BCUT2D eigenvalue weighted by Crippen LogP contribution is -2.36. The molecule has 1 aliphatic rings. The SMILES string of the molecule is CCN(CC)CCNC(=O)c1cc(NC(=O)c2cc(OC)cc(OC)c2)ccc1N1CCc2ccccc2C1. The van der Waals surface area contributed by atoms with Crippen molar-refractivity contribution >= 4 is 23.2 Å². The second-order valence-corrected chi connectivity index (χ2v) is 9.51. The van der Waals surface area contributed by atoms with Gasteiger partial charge in [0, 0.05) is 49.2 Å². The number of fused-ring (bicyclic) bond motifs is 1. The van der Waals surface area contributed by atoms with Crippen molar-refractivity contribution in [1.29, 1.82) is 0 Å². The summed E-state index contributed by atoms with van der Waals surface area (Å²) in [6.45, 7) is 8.95. The van der Waals surface area contributed by atoms with E-state index in [0.29, 0.717) is 34.9 Å². The fraction of sp³-hybridized carbons (Fsp3) is 0.355. The summed E-state index contributed by atoms with van der Waals surface area (Å²) in [5.74, 6) is 0.567. The molecule has 1 heterocycles. The highest BCUT2D eigenvalue weighted by atomic mass is 16.5. The summed E-state index contributed by atoms with van der Waals surface area (Å²) in [5, 5.41) is 6.02. The minimum absolute atomic E-state index is 0.157. The fourth-order valence-electron chi connectivity index (χ4n) is 4.88. The molecule has 4 rings (SSSR count). The minimum Gasteiger partial charge on any atom is -0.497 e. The van der Waals surface area contributed by atoms with Crippen LogP contribution < -0.4 is 25.0 Å². The van der Waals surface area contributed by atoms with Gasteiger partial charge in [-0.05, 0) is 61.0 Å². The summed E-state index contributed by atoms with van der Waals surface area (Å²) in [6, 6.07) is 19.0. The van der Waals surface area contributed by atoms with E-state index in [0.717, 1.165) is 44.8 Å². The number of nitrogens with one attached hydrogen (secondary N) is 2.